The zero-order valence-corrected chi connectivity index (χ0v) is 10.6. The molecule has 2 atom stereocenters. The van der Waals surface area contributed by atoms with Gasteiger partial charge in [-0.15, -0.1) is 0 Å². The number of aliphatic carboxylic acids is 1. The third-order valence-corrected chi connectivity index (χ3v) is 3.79. The van der Waals surface area contributed by atoms with Crippen LogP contribution >= 0.6 is 0 Å². The predicted octanol–water partition coefficient (Wildman–Crippen LogP) is -0.00680. The van der Waals surface area contributed by atoms with E-state index < -0.39 is 33.7 Å². The van der Waals surface area contributed by atoms with Gasteiger partial charge in [0.05, 0.1) is 16.7 Å². The zero-order valence-electron chi connectivity index (χ0n) is 9.74. The summed E-state index contributed by atoms with van der Waals surface area (Å²) in [4.78, 5) is 22.2. The molecule has 0 aromatic heterocycles. The molecule has 0 saturated heterocycles. The summed E-state index contributed by atoms with van der Waals surface area (Å²) in [5, 5.41) is 16.2. The van der Waals surface area contributed by atoms with Gasteiger partial charge in [0.25, 0.3) is 0 Å². The average Bonchev–Trinajstić information content (AvgIpc) is 3.08. The number of hydrogen-bond acceptors (Lipinski definition) is 4. The monoisotopic (exact) mass is 284 g/mol. The van der Waals surface area contributed by atoms with Crippen LogP contribution in [0.5, 0.6) is 0 Å². The molecule has 1 aliphatic carbocycles. The van der Waals surface area contributed by atoms with Gasteiger partial charge in [0.15, 0.2) is 0 Å². The summed E-state index contributed by atoms with van der Waals surface area (Å²) in [5.41, 5.74) is 0.271. The molecule has 102 valence electrons. The smallest absolute Gasteiger partial charge is 0.307 e. The van der Waals surface area contributed by atoms with Gasteiger partial charge in [0.1, 0.15) is 0 Å². The standard InChI is InChI=1S/C11H12N2O5S/c12-19(17,18)7-3-1-2-6(4-7)13-10(14)8-5-9(8)11(15)16/h1-4,8-9H,5H2,(H,13,14)(H,15,16)(H2,12,17,18)/t8-,9-/m0/s1. The second-order valence-electron chi connectivity index (χ2n) is 4.35. The van der Waals surface area contributed by atoms with E-state index in [1.807, 2.05) is 0 Å². The molecule has 19 heavy (non-hydrogen) atoms. The Morgan fingerprint density at radius 2 is 2.00 bits per heavy atom. The summed E-state index contributed by atoms with van der Waals surface area (Å²) in [6.07, 6.45) is 0.302. The molecule has 1 saturated carbocycles. The predicted molar refractivity (Wildman–Crippen MR) is 65.7 cm³/mol. The summed E-state index contributed by atoms with van der Waals surface area (Å²) in [5.74, 6) is -2.64. The van der Waals surface area contributed by atoms with Gasteiger partial charge in [0, 0.05) is 5.69 Å². The molecule has 1 aromatic rings. The van der Waals surface area contributed by atoms with Crippen molar-refractivity contribution < 1.29 is 23.1 Å². The normalized spacial score (nSPS) is 21.7. The van der Waals surface area contributed by atoms with Gasteiger partial charge in [-0.05, 0) is 24.6 Å². The van der Waals surface area contributed by atoms with Crippen molar-refractivity contribution in [1.82, 2.24) is 0 Å². The minimum Gasteiger partial charge on any atom is -0.481 e. The summed E-state index contributed by atoms with van der Waals surface area (Å²) in [7, 11) is -3.84. The first-order valence-corrected chi connectivity index (χ1v) is 7.00. The van der Waals surface area contributed by atoms with Crippen LogP contribution in [-0.2, 0) is 19.6 Å². The van der Waals surface area contributed by atoms with Crippen LogP contribution in [0.2, 0.25) is 0 Å². The highest BCUT2D eigenvalue weighted by molar-refractivity contribution is 7.89. The molecular formula is C11H12N2O5S. The number of amides is 1. The molecule has 1 aromatic carbocycles. The molecule has 0 unspecified atom stereocenters. The molecule has 7 nitrogen and oxygen atoms in total. The van der Waals surface area contributed by atoms with Gasteiger partial charge < -0.3 is 10.4 Å². The van der Waals surface area contributed by atoms with Gasteiger partial charge in [0.2, 0.25) is 15.9 Å². The number of carbonyl (C=O) groups is 2. The van der Waals surface area contributed by atoms with Crippen molar-refractivity contribution in [2.75, 3.05) is 5.32 Å². The Morgan fingerprint density at radius 3 is 2.53 bits per heavy atom. The van der Waals surface area contributed by atoms with Gasteiger partial charge >= 0.3 is 5.97 Å². The van der Waals surface area contributed by atoms with Gasteiger partial charge in [-0.25, -0.2) is 13.6 Å². The van der Waals surface area contributed by atoms with E-state index in [1.54, 1.807) is 0 Å². The van der Waals surface area contributed by atoms with Crippen LogP contribution in [0.3, 0.4) is 0 Å². The summed E-state index contributed by atoms with van der Waals surface area (Å²) < 4.78 is 22.3. The van der Waals surface area contributed by atoms with E-state index in [1.165, 1.54) is 24.3 Å². The molecule has 1 fully saturated rings. The fourth-order valence-corrected chi connectivity index (χ4v) is 2.30. The maximum atomic E-state index is 11.7. The highest BCUT2D eigenvalue weighted by atomic mass is 32.2. The number of carbonyl (C=O) groups excluding carboxylic acids is 1. The number of sulfonamides is 1. The zero-order chi connectivity index (χ0) is 14.2. The van der Waals surface area contributed by atoms with E-state index in [-0.39, 0.29) is 10.6 Å². The topological polar surface area (TPSA) is 127 Å². The van der Waals surface area contributed by atoms with Crippen molar-refractivity contribution in [3.8, 4) is 0 Å². The second-order valence-corrected chi connectivity index (χ2v) is 5.91. The molecule has 1 amide bonds. The Morgan fingerprint density at radius 1 is 1.32 bits per heavy atom. The fourth-order valence-electron chi connectivity index (χ4n) is 1.74. The Hall–Kier alpha value is -1.93. The van der Waals surface area contributed by atoms with E-state index in [0.29, 0.717) is 6.42 Å². The Bertz CT molecular complexity index is 640. The summed E-state index contributed by atoms with van der Waals surface area (Å²) in [6.45, 7) is 0. The highest BCUT2D eigenvalue weighted by Crippen LogP contribution is 2.39. The third-order valence-electron chi connectivity index (χ3n) is 2.87. The number of hydrogen-bond donors (Lipinski definition) is 3. The van der Waals surface area contributed by atoms with E-state index in [4.69, 9.17) is 10.2 Å². The van der Waals surface area contributed by atoms with Crippen molar-refractivity contribution in [2.24, 2.45) is 17.0 Å². The van der Waals surface area contributed by atoms with E-state index in [9.17, 15) is 18.0 Å². The second kappa shape index (κ2) is 4.63. The largest absolute Gasteiger partial charge is 0.481 e. The molecule has 0 aliphatic heterocycles. The Balaban J connectivity index is 2.09. The number of primary sulfonamides is 1. The Labute approximate surface area is 109 Å². The van der Waals surface area contributed by atoms with E-state index in [0.717, 1.165) is 0 Å². The van der Waals surface area contributed by atoms with Crippen LogP contribution in [0.15, 0.2) is 29.2 Å². The first-order chi connectivity index (χ1) is 8.79. The van der Waals surface area contributed by atoms with Crippen molar-refractivity contribution in [2.45, 2.75) is 11.3 Å². The summed E-state index contributed by atoms with van der Waals surface area (Å²) in [6, 6.07) is 5.48. The number of nitrogens with two attached hydrogens (primary N) is 1. The first kappa shape index (κ1) is 13.5. The lowest BCUT2D eigenvalue weighted by molar-refractivity contribution is -0.139. The Kier molecular flexibility index (Phi) is 3.29. The lowest BCUT2D eigenvalue weighted by Crippen LogP contribution is -2.17. The lowest BCUT2D eigenvalue weighted by Gasteiger charge is -2.06. The molecule has 0 heterocycles. The number of carboxylic acid groups (broad SMARTS) is 1. The molecular weight excluding hydrogens is 272 g/mol. The molecule has 0 radical (unpaired) electrons. The van der Waals surface area contributed by atoms with E-state index in [2.05, 4.69) is 5.32 Å². The SMILES string of the molecule is NS(=O)(=O)c1cccc(NC(=O)[C@H]2C[C@@H]2C(=O)O)c1. The minimum absolute atomic E-state index is 0.115. The first-order valence-electron chi connectivity index (χ1n) is 5.45. The molecule has 0 bridgehead atoms. The molecule has 4 N–H and O–H groups in total. The minimum atomic E-state index is -3.84. The number of nitrogens with one attached hydrogen (secondary N) is 1. The van der Waals surface area contributed by atoms with Crippen molar-refractivity contribution in [3.05, 3.63) is 24.3 Å². The maximum Gasteiger partial charge on any atom is 0.307 e. The molecule has 8 heteroatoms. The van der Waals surface area contributed by atoms with Crippen LogP contribution in [0.4, 0.5) is 5.69 Å². The van der Waals surface area contributed by atoms with Crippen LogP contribution < -0.4 is 10.5 Å². The van der Waals surface area contributed by atoms with Crippen LogP contribution in [-0.4, -0.2) is 25.4 Å². The van der Waals surface area contributed by atoms with Crippen molar-refractivity contribution in [1.29, 1.82) is 0 Å². The number of carboxylic acids is 1. The number of benzene rings is 1. The van der Waals surface area contributed by atoms with E-state index >= 15 is 0 Å². The van der Waals surface area contributed by atoms with Crippen molar-refractivity contribution in [3.63, 3.8) is 0 Å². The number of rotatable bonds is 4. The quantitative estimate of drug-likeness (QED) is 0.717. The maximum absolute atomic E-state index is 11.7. The fraction of sp³-hybridized carbons (Fsp3) is 0.273. The molecule has 2 rings (SSSR count). The van der Waals surface area contributed by atoms with Gasteiger partial charge in [-0.3, -0.25) is 9.59 Å². The highest BCUT2D eigenvalue weighted by Gasteiger charge is 2.48. The number of anilines is 1. The summed E-state index contributed by atoms with van der Waals surface area (Å²) >= 11 is 0. The van der Waals surface area contributed by atoms with Crippen LogP contribution in [0, 0.1) is 11.8 Å². The molecule has 0 spiro atoms. The van der Waals surface area contributed by atoms with Crippen LogP contribution in [0.1, 0.15) is 6.42 Å². The molecule has 1 aliphatic rings. The lowest BCUT2D eigenvalue weighted by atomic mass is 10.2. The third kappa shape index (κ3) is 3.09. The van der Waals surface area contributed by atoms with Crippen molar-refractivity contribution >= 4 is 27.6 Å². The average molecular weight is 284 g/mol. The van der Waals surface area contributed by atoms with Gasteiger partial charge in [-0.2, -0.15) is 0 Å². The van der Waals surface area contributed by atoms with Gasteiger partial charge in [-0.1, -0.05) is 6.07 Å². The van der Waals surface area contributed by atoms with Crippen LogP contribution in [0.25, 0.3) is 0 Å².